The molecule has 1 aromatic carbocycles. The minimum atomic E-state index is 0. The first kappa shape index (κ1) is 19.5. The minimum absolute atomic E-state index is 0. The van der Waals surface area contributed by atoms with E-state index >= 15 is 0 Å². The summed E-state index contributed by atoms with van der Waals surface area (Å²) in [4.78, 5) is 28.1. The number of nitrogens with zero attached hydrogens (tertiary/aromatic N) is 2. The lowest BCUT2D eigenvalue weighted by Crippen LogP contribution is -2.45. The molecule has 1 fully saturated rings. The highest BCUT2D eigenvalue weighted by atomic mass is 35.5. The Morgan fingerprint density at radius 1 is 1.28 bits per heavy atom. The van der Waals surface area contributed by atoms with Crippen LogP contribution in [0.15, 0.2) is 39.5 Å². The number of para-hydroxylation sites is 1. The van der Waals surface area contributed by atoms with Crippen molar-refractivity contribution in [3.63, 3.8) is 0 Å². The van der Waals surface area contributed by atoms with E-state index in [2.05, 4.69) is 4.90 Å². The van der Waals surface area contributed by atoms with E-state index < -0.39 is 0 Å². The maximum absolute atomic E-state index is 12.2. The number of hydrogen-bond acceptors (Lipinski definition) is 4. The summed E-state index contributed by atoms with van der Waals surface area (Å²) in [5.74, 6) is 0.907. The number of piperidine rings is 1. The predicted molar refractivity (Wildman–Crippen MR) is 101 cm³/mol. The smallest absolute Gasteiger partial charge is 0.222 e. The molecule has 1 aliphatic heterocycles. The Kier molecular flexibility index (Phi) is 6.62. The van der Waals surface area contributed by atoms with E-state index in [1.54, 1.807) is 12.1 Å². The Bertz CT molecular complexity index is 782. The Labute approximate surface area is 154 Å². The Hall–Kier alpha value is -1.85. The maximum Gasteiger partial charge on any atom is 0.222 e. The predicted octanol–water partition coefficient (Wildman–Crippen LogP) is 3.05. The molecule has 1 aliphatic rings. The molecule has 0 aliphatic carbocycles. The molecule has 0 spiro atoms. The molecule has 5 nitrogen and oxygen atoms in total. The normalized spacial score (nSPS) is 15.8. The summed E-state index contributed by atoms with van der Waals surface area (Å²) in [5.41, 5.74) is 0.651. The zero-order chi connectivity index (χ0) is 17.1. The summed E-state index contributed by atoms with van der Waals surface area (Å²) in [6.07, 6.45) is 2.47. The van der Waals surface area contributed by atoms with E-state index in [1.807, 2.05) is 37.1 Å². The van der Waals surface area contributed by atoms with Gasteiger partial charge in [-0.15, -0.1) is 12.4 Å². The average molecular weight is 365 g/mol. The molecule has 0 atom stereocenters. The third-order valence-corrected chi connectivity index (χ3v) is 4.87. The highest BCUT2D eigenvalue weighted by Gasteiger charge is 2.25. The summed E-state index contributed by atoms with van der Waals surface area (Å²) < 4.78 is 5.87. The minimum Gasteiger partial charge on any atom is -0.459 e. The van der Waals surface area contributed by atoms with Gasteiger partial charge in [0, 0.05) is 38.7 Å². The lowest BCUT2D eigenvalue weighted by molar-refractivity contribution is -0.132. The monoisotopic (exact) mass is 364 g/mol. The molecule has 2 heterocycles. The van der Waals surface area contributed by atoms with Gasteiger partial charge < -0.3 is 9.32 Å². The van der Waals surface area contributed by atoms with Gasteiger partial charge in [-0.1, -0.05) is 19.1 Å². The molecule has 1 aromatic heterocycles. The summed E-state index contributed by atoms with van der Waals surface area (Å²) in [6, 6.07) is 9.26. The van der Waals surface area contributed by atoms with Crippen LogP contribution in [-0.4, -0.2) is 41.9 Å². The van der Waals surface area contributed by atoms with Crippen molar-refractivity contribution >= 4 is 29.3 Å². The SMILES string of the molecule is CCC(=O)N(C)C1CCN(Cc2cc(=O)c3ccccc3o2)CC1.Cl. The lowest BCUT2D eigenvalue weighted by Gasteiger charge is -2.36. The largest absolute Gasteiger partial charge is 0.459 e. The van der Waals surface area contributed by atoms with Crippen molar-refractivity contribution in [2.75, 3.05) is 20.1 Å². The number of carbonyl (C=O) groups excluding carboxylic acids is 1. The van der Waals surface area contributed by atoms with Crippen LogP contribution in [0.1, 0.15) is 31.9 Å². The second-order valence-electron chi connectivity index (χ2n) is 6.44. The summed E-state index contributed by atoms with van der Waals surface area (Å²) in [6.45, 7) is 4.35. The van der Waals surface area contributed by atoms with E-state index in [9.17, 15) is 9.59 Å². The molecule has 136 valence electrons. The van der Waals surface area contributed by atoms with Crippen molar-refractivity contribution in [1.29, 1.82) is 0 Å². The third-order valence-electron chi connectivity index (χ3n) is 4.87. The summed E-state index contributed by atoms with van der Waals surface area (Å²) >= 11 is 0. The van der Waals surface area contributed by atoms with Gasteiger partial charge in [-0.25, -0.2) is 0 Å². The van der Waals surface area contributed by atoms with Crippen LogP contribution in [0.4, 0.5) is 0 Å². The second kappa shape index (κ2) is 8.50. The Balaban J connectivity index is 0.00000225. The number of halogens is 1. The van der Waals surface area contributed by atoms with Crippen molar-refractivity contribution in [2.24, 2.45) is 0 Å². The van der Waals surface area contributed by atoms with Crippen molar-refractivity contribution in [2.45, 2.75) is 38.8 Å². The van der Waals surface area contributed by atoms with Gasteiger partial charge in [-0.05, 0) is 25.0 Å². The number of rotatable bonds is 4. The fourth-order valence-corrected chi connectivity index (χ4v) is 3.37. The van der Waals surface area contributed by atoms with Gasteiger partial charge in [0.2, 0.25) is 5.91 Å². The molecule has 0 saturated carbocycles. The van der Waals surface area contributed by atoms with Crippen molar-refractivity contribution in [3.8, 4) is 0 Å². The molecule has 2 aromatic rings. The molecule has 1 amide bonds. The van der Waals surface area contributed by atoms with Crippen LogP contribution in [0, 0.1) is 0 Å². The van der Waals surface area contributed by atoms with Crippen molar-refractivity contribution in [1.82, 2.24) is 9.80 Å². The second-order valence-corrected chi connectivity index (χ2v) is 6.44. The molecular weight excluding hydrogens is 340 g/mol. The van der Waals surface area contributed by atoms with E-state index in [0.717, 1.165) is 25.9 Å². The van der Waals surface area contributed by atoms with Crippen LogP contribution in [-0.2, 0) is 11.3 Å². The van der Waals surface area contributed by atoms with Gasteiger partial charge >= 0.3 is 0 Å². The van der Waals surface area contributed by atoms with Gasteiger partial charge in [-0.3, -0.25) is 14.5 Å². The number of benzene rings is 1. The van der Waals surface area contributed by atoms with Crippen LogP contribution in [0.2, 0.25) is 0 Å². The van der Waals surface area contributed by atoms with E-state index in [0.29, 0.717) is 35.7 Å². The topological polar surface area (TPSA) is 53.8 Å². The number of likely N-dealkylation sites (tertiary alicyclic amines) is 1. The van der Waals surface area contributed by atoms with Crippen LogP contribution in [0.3, 0.4) is 0 Å². The van der Waals surface area contributed by atoms with Crippen molar-refractivity contribution in [3.05, 3.63) is 46.3 Å². The number of fused-ring (bicyclic) bond motifs is 1. The number of hydrogen-bond donors (Lipinski definition) is 0. The first-order valence-corrected chi connectivity index (χ1v) is 8.58. The van der Waals surface area contributed by atoms with Crippen LogP contribution >= 0.6 is 12.4 Å². The van der Waals surface area contributed by atoms with Crippen LogP contribution in [0.25, 0.3) is 11.0 Å². The van der Waals surface area contributed by atoms with E-state index in [4.69, 9.17) is 4.42 Å². The molecule has 1 saturated heterocycles. The zero-order valence-electron chi connectivity index (χ0n) is 14.7. The maximum atomic E-state index is 12.2. The average Bonchev–Trinajstić information content (AvgIpc) is 2.61. The zero-order valence-corrected chi connectivity index (χ0v) is 15.6. The van der Waals surface area contributed by atoms with Gasteiger partial charge in [-0.2, -0.15) is 0 Å². The number of carbonyl (C=O) groups is 1. The number of amides is 1. The van der Waals surface area contributed by atoms with Gasteiger partial charge in [0.15, 0.2) is 5.43 Å². The quantitative estimate of drug-likeness (QED) is 0.836. The fourth-order valence-electron chi connectivity index (χ4n) is 3.37. The fraction of sp³-hybridized carbons (Fsp3) is 0.474. The van der Waals surface area contributed by atoms with Crippen LogP contribution in [0.5, 0.6) is 0 Å². The third kappa shape index (κ3) is 4.41. The molecule has 3 rings (SSSR count). The summed E-state index contributed by atoms with van der Waals surface area (Å²) in [7, 11) is 1.90. The molecule has 6 heteroatoms. The van der Waals surface area contributed by atoms with Crippen molar-refractivity contribution < 1.29 is 9.21 Å². The van der Waals surface area contributed by atoms with Crippen LogP contribution < -0.4 is 5.43 Å². The molecule has 25 heavy (non-hydrogen) atoms. The lowest BCUT2D eigenvalue weighted by atomic mass is 10.0. The molecule has 0 bridgehead atoms. The van der Waals surface area contributed by atoms with E-state index in [-0.39, 0.29) is 23.7 Å². The Morgan fingerprint density at radius 3 is 2.64 bits per heavy atom. The molecule has 0 radical (unpaired) electrons. The van der Waals surface area contributed by atoms with Gasteiger partial charge in [0.25, 0.3) is 0 Å². The van der Waals surface area contributed by atoms with Gasteiger partial charge in [0.1, 0.15) is 11.3 Å². The highest BCUT2D eigenvalue weighted by molar-refractivity contribution is 5.85. The molecule has 0 N–H and O–H groups in total. The highest BCUT2D eigenvalue weighted by Crippen LogP contribution is 2.19. The summed E-state index contributed by atoms with van der Waals surface area (Å²) in [5, 5.41) is 0.625. The first-order chi connectivity index (χ1) is 11.6. The standard InChI is InChI=1S/C19H24N2O3.ClH/c1-3-19(23)20(2)14-8-10-21(11-9-14)13-15-12-17(22)16-6-4-5-7-18(16)24-15;/h4-7,12,14H,3,8-11,13H2,1-2H3;1H. The molecule has 0 unspecified atom stereocenters. The first-order valence-electron chi connectivity index (χ1n) is 8.58. The van der Waals surface area contributed by atoms with E-state index in [1.165, 1.54) is 0 Å². The Morgan fingerprint density at radius 2 is 1.96 bits per heavy atom. The van der Waals surface area contributed by atoms with Gasteiger partial charge in [0.05, 0.1) is 11.9 Å². The molecular formula is C19H25ClN2O3.